The van der Waals surface area contributed by atoms with Crippen LogP contribution in [0.5, 0.6) is 11.5 Å². The van der Waals surface area contributed by atoms with E-state index >= 15 is 0 Å². The zero-order valence-electron chi connectivity index (χ0n) is 15.8. The molecule has 0 bridgehead atoms. The number of carbonyl (C=O) groups is 2. The molecule has 0 heterocycles. The molecule has 0 spiro atoms. The van der Waals surface area contributed by atoms with Gasteiger partial charge in [-0.25, -0.2) is 4.79 Å². The van der Waals surface area contributed by atoms with Crippen molar-refractivity contribution in [3.05, 3.63) is 65.7 Å². The molecule has 2 aromatic carbocycles. The molecule has 0 saturated heterocycles. The van der Waals surface area contributed by atoms with Crippen molar-refractivity contribution in [1.29, 1.82) is 0 Å². The van der Waals surface area contributed by atoms with E-state index in [-0.39, 0.29) is 23.5 Å². The van der Waals surface area contributed by atoms with E-state index in [2.05, 4.69) is 4.74 Å². The van der Waals surface area contributed by atoms with Crippen molar-refractivity contribution >= 4 is 17.8 Å². The number of ketones is 1. The Morgan fingerprint density at radius 1 is 0.967 bits per heavy atom. The van der Waals surface area contributed by atoms with Gasteiger partial charge in [0, 0.05) is 6.42 Å². The zero-order chi connectivity index (χ0) is 22.4. The molecule has 0 aliphatic carbocycles. The van der Waals surface area contributed by atoms with Gasteiger partial charge in [0.1, 0.15) is 11.5 Å². The molecule has 2 rings (SSSR count). The molecule has 0 amide bonds. The van der Waals surface area contributed by atoms with Gasteiger partial charge in [0.15, 0.2) is 6.61 Å². The first kappa shape index (κ1) is 23.1. The summed E-state index contributed by atoms with van der Waals surface area (Å²) in [5.74, 6) is -3.88. The molecule has 2 N–H and O–H groups in total. The molecule has 0 radical (unpaired) electrons. The lowest BCUT2D eigenvalue weighted by Crippen LogP contribution is -2.36. The summed E-state index contributed by atoms with van der Waals surface area (Å²) >= 11 is 0. The highest BCUT2D eigenvalue weighted by Gasteiger charge is 2.29. The summed E-state index contributed by atoms with van der Waals surface area (Å²) in [5.41, 5.74) is 0.737. The van der Waals surface area contributed by atoms with Gasteiger partial charge in [-0.05, 0) is 48.0 Å². The first-order valence-corrected chi connectivity index (χ1v) is 8.79. The Bertz CT molecular complexity index is 900. The minimum Gasteiger partial charge on any atom is -0.484 e. The number of rotatable bonds is 8. The second-order valence-electron chi connectivity index (χ2n) is 6.25. The minimum atomic E-state index is -4.45. The molecule has 0 atom stereocenters. The van der Waals surface area contributed by atoms with E-state index in [0.717, 1.165) is 6.08 Å². The molecule has 0 saturated carbocycles. The van der Waals surface area contributed by atoms with Crippen molar-refractivity contribution in [3.8, 4) is 11.5 Å². The van der Waals surface area contributed by atoms with Gasteiger partial charge in [-0.15, -0.1) is 0 Å². The number of benzene rings is 2. The van der Waals surface area contributed by atoms with Crippen molar-refractivity contribution in [2.45, 2.75) is 25.3 Å². The maximum absolute atomic E-state index is 12.2. The van der Waals surface area contributed by atoms with Crippen molar-refractivity contribution in [3.63, 3.8) is 0 Å². The lowest BCUT2D eigenvalue weighted by Gasteiger charge is -2.15. The molecule has 2 aromatic rings. The fraction of sp³-hybridized carbons (Fsp3) is 0.238. The predicted octanol–water partition coefficient (Wildman–Crippen LogP) is 3.52. The largest absolute Gasteiger partial charge is 0.484 e. The third-order valence-corrected chi connectivity index (χ3v) is 3.90. The van der Waals surface area contributed by atoms with Crippen LogP contribution in [0.4, 0.5) is 13.2 Å². The van der Waals surface area contributed by atoms with Crippen LogP contribution in [0.2, 0.25) is 0 Å². The van der Waals surface area contributed by atoms with Gasteiger partial charge in [-0.3, -0.25) is 4.79 Å². The topological polar surface area (TPSA) is 93.1 Å². The summed E-state index contributed by atoms with van der Waals surface area (Å²) in [7, 11) is 0. The number of carbonyl (C=O) groups excluding carboxylic acids is 2. The number of esters is 1. The Hall–Kier alpha value is -3.17. The number of ether oxygens (including phenoxy) is 2. The van der Waals surface area contributed by atoms with E-state index < -0.39 is 30.3 Å². The molecule has 6 nitrogen and oxygen atoms in total. The molecule has 0 unspecified atom stereocenters. The maximum Gasteiger partial charge on any atom is 0.422 e. The average Bonchev–Trinajstić information content (AvgIpc) is 2.71. The minimum absolute atomic E-state index is 0.0179. The number of hydrogen-bond donors (Lipinski definition) is 2. The number of aliphatic hydroxyl groups is 2. The third kappa shape index (κ3) is 7.02. The summed E-state index contributed by atoms with van der Waals surface area (Å²) in [6.07, 6.45) is -2.21. The van der Waals surface area contributed by atoms with Crippen LogP contribution in [0.1, 0.15) is 29.3 Å². The van der Waals surface area contributed by atoms with E-state index in [0.29, 0.717) is 5.56 Å². The summed E-state index contributed by atoms with van der Waals surface area (Å²) in [6.45, 7) is 0.0316. The lowest BCUT2D eigenvalue weighted by atomic mass is 10.1. The lowest BCUT2D eigenvalue weighted by molar-refractivity contribution is -0.178. The van der Waals surface area contributed by atoms with E-state index in [1.165, 1.54) is 61.5 Å². The van der Waals surface area contributed by atoms with Gasteiger partial charge < -0.3 is 19.7 Å². The van der Waals surface area contributed by atoms with Crippen LogP contribution in [-0.4, -0.2) is 40.5 Å². The van der Waals surface area contributed by atoms with Crippen LogP contribution >= 0.6 is 0 Å². The van der Waals surface area contributed by atoms with Gasteiger partial charge >= 0.3 is 12.1 Å². The third-order valence-electron chi connectivity index (χ3n) is 3.90. The predicted molar refractivity (Wildman–Crippen MR) is 101 cm³/mol. The first-order valence-electron chi connectivity index (χ1n) is 8.79. The van der Waals surface area contributed by atoms with Crippen molar-refractivity contribution in [2.24, 2.45) is 0 Å². The smallest absolute Gasteiger partial charge is 0.422 e. The van der Waals surface area contributed by atoms with Crippen molar-refractivity contribution < 1.29 is 42.4 Å². The SMILES string of the molecule is CCC(O)(O)C(=O)/C=C/c1ccc(C(=O)Oc2ccc(OCC(F)(F)F)cc2)cc1. The van der Waals surface area contributed by atoms with Crippen LogP contribution in [0.25, 0.3) is 6.08 Å². The van der Waals surface area contributed by atoms with E-state index in [1.54, 1.807) is 0 Å². The Kier molecular flexibility index (Phi) is 7.36. The molecular weight excluding hydrogens is 405 g/mol. The molecule has 0 aliphatic rings. The summed E-state index contributed by atoms with van der Waals surface area (Å²) in [5, 5.41) is 18.9. The molecule has 9 heteroatoms. The van der Waals surface area contributed by atoms with E-state index in [4.69, 9.17) is 4.74 Å². The standard InChI is InChI=1S/C21H19F3O6/c1-2-20(27,28)18(25)12-5-14-3-6-15(7-4-14)19(26)30-17-10-8-16(9-11-17)29-13-21(22,23)24/h3-12,27-28H,2,13H2,1H3/b12-5+. The normalized spacial score (nSPS) is 12.1. The second-order valence-corrected chi connectivity index (χ2v) is 6.25. The Labute approximate surface area is 170 Å². The Balaban J connectivity index is 1.95. The zero-order valence-corrected chi connectivity index (χ0v) is 15.8. The molecule has 160 valence electrons. The van der Waals surface area contributed by atoms with Gasteiger partial charge in [0.05, 0.1) is 5.56 Å². The summed E-state index contributed by atoms with van der Waals surface area (Å²) in [6, 6.07) is 11.0. The fourth-order valence-corrected chi connectivity index (χ4v) is 2.14. The van der Waals surface area contributed by atoms with Gasteiger partial charge in [-0.1, -0.05) is 25.1 Å². The summed E-state index contributed by atoms with van der Waals surface area (Å²) < 4.78 is 46.1. The number of halogens is 3. The van der Waals surface area contributed by atoms with Crippen LogP contribution < -0.4 is 9.47 Å². The van der Waals surface area contributed by atoms with Crippen molar-refractivity contribution in [2.75, 3.05) is 6.61 Å². The number of alkyl halides is 3. The highest BCUT2D eigenvalue weighted by Crippen LogP contribution is 2.22. The molecule has 0 aliphatic heterocycles. The monoisotopic (exact) mass is 424 g/mol. The molecule has 0 fully saturated rings. The highest BCUT2D eigenvalue weighted by molar-refractivity contribution is 5.98. The first-order chi connectivity index (χ1) is 14.0. The highest BCUT2D eigenvalue weighted by atomic mass is 19.4. The molecule has 30 heavy (non-hydrogen) atoms. The van der Waals surface area contributed by atoms with Gasteiger partial charge in [-0.2, -0.15) is 13.2 Å². The Morgan fingerprint density at radius 2 is 1.53 bits per heavy atom. The molecule has 0 aromatic heterocycles. The van der Waals surface area contributed by atoms with Crippen LogP contribution in [-0.2, 0) is 4.79 Å². The van der Waals surface area contributed by atoms with Gasteiger partial charge in [0.25, 0.3) is 0 Å². The van der Waals surface area contributed by atoms with E-state index in [9.17, 15) is 33.0 Å². The summed E-state index contributed by atoms with van der Waals surface area (Å²) in [4.78, 5) is 23.8. The second kappa shape index (κ2) is 9.55. The quantitative estimate of drug-likeness (QED) is 0.292. The Morgan fingerprint density at radius 3 is 2.07 bits per heavy atom. The number of hydrogen-bond acceptors (Lipinski definition) is 6. The fourth-order valence-electron chi connectivity index (χ4n) is 2.14. The van der Waals surface area contributed by atoms with Crippen LogP contribution in [0, 0.1) is 0 Å². The maximum atomic E-state index is 12.2. The van der Waals surface area contributed by atoms with Gasteiger partial charge in [0.2, 0.25) is 11.6 Å². The van der Waals surface area contributed by atoms with Crippen LogP contribution in [0.15, 0.2) is 54.6 Å². The molecular formula is C21H19F3O6. The van der Waals surface area contributed by atoms with Crippen LogP contribution in [0.3, 0.4) is 0 Å². The average molecular weight is 424 g/mol. The van der Waals surface area contributed by atoms with Crippen molar-refractivity contribution in [1.82, 2.24) is 0 Å². The van der Waals surface area contributed by atoms with E-state index in [1.807, 2.05) is 0 Å².